The molecule has 0 aliphatic rings. The first-order valence-corrected chi connectivity index (χ1v) is 6.05. The van der Waals surface area contributed by atoms with Crippen molar-refractivity contribution < 1.29 is 0 Å². The largest absolute Gasteiger partial charge is 0.388 e. The fourth-order valence-corrected chi connectivity index (χ4v) is 2.05. The molecule has 3 rings (SSSR count). The van der Waals surface area contributed by atoms with Crippen molar-refractivity contribution in [2.24, 2.45) is 0 Å². The molecule has 0 radical (unpaired) electrons. The van der Waals surface area contributed by atoms with Crippen LogP contribution in [0.5, 0.6) is 0 Å². The third kappa shape index (κ3) is 2.08. The number of hydrogen-bond donors (Lipinski definition) is 2. The lowest BCUT2D eigenvalue weighted by atomic mass is 10.1. The van der Waals surface area contributed by atoms with Crippen LogP contribution in [0, 0.1) is 0 Å². The fraction of sp³-hybridized carbons (Fsp3) is 0.0667. The molecule has 0 unspecified atom stereocenters. The Morgan fingerprint density at radius 3 is 2.79 bits per heavy atom. The van der Waals surface area contributed by atoms with Crippen molar-refractivity contribution >= 4 is 16.6 Å². The van der Waals surface area contributed by atoms with Gasteiger partial charge in [-0.2, -0.15) is 0 Å². The molecule has 1 heterocycles. The van der Waals surface area contributed by atoms with Crippen LogP contribution in [0.2, 0.25) is 0 Å². The molecule has 2 aromatic carbocycles. The highest BCUT2D eigenvalue weighted by atomic mass is 16.1. The summed E-state index contributed by atoms with van der Waals surface area (Å²) in [5.41, 5.74) is 2.45. The molecule has 0 amide bonds. The lowest BCUT2D eigenvalue weighted by Gasteiger charge is -2.05. The topological polar surface area (TPSA) is 57.8 Å². The van der Waals surface area contributed by atoms with Gasteiger partial charge in [0, 0.05) is 18.3 Å². The minimum absolute atomic E-state index is 0.115. The Morgan fingerprint density at radius 1 is 1.11 bits per heavy atom. The lowest BCUT2D eigenvalue weighted by Crippen LogP contribution is -2.09. The normalized spacial score (nSPS) is 10.6. The number of benzene rings is 2. The molecule has 0 spiro atoms. The van der Waals surface area contributed by atoms with Crippen molar-refractivity contribution in [3.63, 3.8) is 0 Å². The number of rotatable bonds is 2. The molecule has 0 saturated heterocycles. The molecule has 0 atom stereocenters. The summed E-state index contributed by atoms with van der Waals surface area (Å²) >= 11 is 0. The van der Waals surface area contributed by atoms with Crippen molar-refractivity contribution in [3.8, 4) is 11.4 Å². The van der Waals surface area contributed by atoms with Crippen molar-refractivity contribution in [1.29, 1.82) is 0 Å². The van der Waals surface area contributed by atoms with Crippen molar-refractivity contribution in [1.82, 2.24) is 9.97 Å². The predicted octanol–water partition coefficient (Wildman–Crippen LogP) is 2.63. The van der Waals surface area contributed by atoms with E-state index < -0.39 is 0 Å². The van der Waals surface area contributed by atoms with E-state index in [2.05, 4.69) is 15.3 Å². The third-order valence-electron chi connectivity index (χ3n) is 3.04. The summed E-state index contributed by atoms with van der Waals surface area (Å²) in [5.74, 6) is 0.584. The summed E-state index contributed by atoms with van der Waals surface area (Å²) in [5, 5.41) is 3.68. The lowest BCUT2D eigenvalue weighted by molar-refractivity contribution is 1.18. The molecule has 94 valence electrons. The maximum Gasteiger partial charge on any atom is 0.259 e. The molecule has 0 aliphatic carbocycles. The zero-order valence-corrected chi connectivity index (χ0v) is 10.5. The van der Waals surface area contributed by atoms with Gasteiger partial charge in [0.15, 0.2) is 0 Å². The Balaban J connectivity index is 2.22. The molecule has 19 heavy (non-hydrogen) atoms. The van der Waals surface area contributed by atoms with Gasteiger partial charge in [-0.05, 0) is 24.3 Å². The first-order valence-electron chi connectivity index (χ1n) is 6.05. The van der Waals surface area contributed by atoms with Gasteiger partial charge in [-0.3, -0.25) is 4.79 Å². The van der Waals surface area contributed by atoms with Gasteiger partial charge in [0.2, 0.25) is 0 Å². The van der Waals surface area contributed by atoms with Crippen LogP contribution in [-0.2, 0) is 0 Å². The molecular weight excluding hydrogens is 238 g/mol. The van der Waals surface area contributed by atoms with E-state index in [1.165, 1.54) is 0 Å². The highest BCUT2D eigenvalue weighted by Crippen LogP contribution is 2.19. The minimum Gasteiger partial charge on any atom is -0.388 e. The van der Waals surface area contributed by atoms with Crippen LogP contribution < -0.4 is 10.9 Å². The third-order valence-corrected chi connectivity index (χ3v) is 3.04. The van der Waals surface area contributed by atoms with Crippen LogP contribution in [0.25, 0.3) is 22.3 Å². The molecule has 2 N–H and O–H groups in total. The van der Waals surface area contributed by atoms with Gasteiger partial charge in [-0.1, -0.05) is 24.3 Å². The van der Waals surface area contributed by atoms with E-state index in [0.717, 1.165) is 11.3 Å². The van der Waals surface area contributed by atoms with Crippen molar-refractivity contribution in [2.75, 3.05) is 12.4 Å². The zero-order chi connectivity index (χ0) is 13.2. The van der Waals surface area contributed by atoms with Crippen LogP contribution in [0.4, 0.5) is 5.69 Å². The summed E-state index contributed by atoms with van der Waals surface area (Å²) < 4.78 is 0. The van der Waals surface area contributed by atoms with Gasteiger partial charge in [-0.15, -0.1) is 0 Å². The fourth-order valence-electron chi connectivity index (χ4n) is 2.05. The van der Waals surface area contributed by atoms with E-state index in [1.54, 1.807) is 6.07 Å². The van der Waals surface area contributed by atoms with Gasteiger partial charge in [-0.25, -0.2) is 4.98 Å². The Hall–Kier alpha value is -2.62. The summed E-state index contributed by atoms with van der Waals surface area (Å²) in [4.78, 5) is 19.3. The van der Waals surface area contributed by atoms with Gasteiger partial charge >= 0.3 is 0 Å². The molecule has 3 aromatic rings. The quantitative estimate of drug-likeness (QED) is 0.736. The number of nitrogens with one attached hydrogen (secondary N) is 2. The second-order valence-electron chi connectivity index (χ2n) is 4.26. The van der Waals surface area contributed by atoms with E-state index in [1.807, 2.05) is 49.5 Å². The Kier molecular flexibility index (Phi) is 2.76. The van der Waals surface area contributed by atoms with Crippen molar-refractivity contribution in [2.45, 2.75) is 0 Å². The zero-order valence-electron chi connectivity index (χ0n) is 10.5. The van der Waals surface area contributed by atoms with Gasteiger partial charge in [0.05, 0.1) is 10.9 Å². The van der Waals surface area contributed by atoms with Crippen LogP contribution in [0.1, 0.15) is 0 Å². The number of aromatic amines is 1. The van der Waals surface area contributed by atoms with E-state index in [0.29, 0.717) is 16.7 Å². The molecule has 0 aliphatic heterocycles. The number of hydrogen-bond acceptors (Lipinski definition) is 3. The number of H-pyrrole nitrogens is 1. The van der Waals surface area contributed by atoms with Crippen LogP contribution in [0.15, 0.2) is 53.3 Å². The van der Waals surface area contributed by atoms with Gasteiger partial charge in [0.1, 0.15) is 5.82 Å². The maximum atomic E-state index is 12.0. The number of anilines is 1. The summed E-state index contributed by atoms with van der Waals surface area (Å²) in [6.07, 6.45) is 0. The second-order valence-corrected chi connectivity index (χ2v) is 4.26. The Morgan fingerprint density at radius 2 is 1.95 bits per heavy atom. The molecule has 0 saturated carbocycles. The maximum absolute atomic E-state index is 12.0. The minimum atomic E-state index is -0.115. The molecule has 1 aromatic heterocycles. The molecule has 0 fully saturated rings. The molecule has 0 bridgehead atoms. The molecule has 4 heteroatoms. The summed E-state index contributed by atoms with van der Waals surface area (Å²) in [7, 11) is 1.86. The molecule has 4 nitrogen and oxygen atoms in total. The smallest absolute Gasteiger partial charge is 0.259 e. The van der Waals surface area contributed by atoms with Crippen molar-refractivity contribution in [3.05, 3.63) is 58.9 Å². The standard InChI is InChI=1S/C15H13N3O/c1-16-11-6-4-5-10(9-11)14-17-13-8-3-2-7-12(13)15(19)18-14/h2-9,16H,1H3,(H,17,18,19). The first-order chi connectivity index (χ1) is 9.28. The number of nitrogens with zero attached hydrogens (tertiary/aromatic N) is 1. The predicted molar refractivity (Wildman–Crippen MR) is 77.3 cm³/mol. The van der Waals surface area contributed by atoms with E-state index >= 15 is 0 Å². The van der Waals surface area contributed by atoms with E-state index in [9.17, 15) is 4.79 Å². The number of aromatic nitrogens is 2. The van der Waals surface area contributed by atoms with Gasteiger partial charge < -0.3 is 10.3 Å². The average Bonchev–Trinajstić information content (AvgIpc) is 2.47. The average molecular weight is 251 g/mol. The van der Waals surface area contributed by atoms with Crippen LogP contribution >= 0.6 is 0 Å². The Bertz CT molecular complexity index is 792. The highest BCUT2D eigenvalue weighted by molar-refractivity contribution is 5.79. The molecular formula is C15H13N3O. The number of fused-ring (bicyclic) bond motifs is 1. The first kappa shape index (κ1) is 11.5. The monoisotopic (exact) mass is 251 g/mol. The van der Waals surface area contributed by atoms with Crippen LogP contribution in [-0.4, -0.2) is 17.0 Å². The summed E-state index contributed by atoms with van der Waals surface area (Å²) in [6.45, 7) is 0. The second kappa shape index (κ2) is 4.57. The Labute approximate surface area is 110 Å². The van der Waals surface area contributed by atoms with Gasteiger partial charge in [0.25, 0.3) is 5.56 Å². The number of para-hydroxylation sites is 1. The summed E-state index contributed by atoms with van der Waals surface area (Å²) in [6, 6.07) is 15.1. The van der Waals surface area contributed by atoms with E-state index in [-0.39, 0.29) is 5.56 Å². The van der Waals surface area contributed by atoms with E-state index in [4.69, 9.17) is 0 Å². The SMILES string of the molecule is CNc1cccc(-c2nc3ccccc3c(=O)[nH]2)c1. The van der Waals surface area contributed by atoms with Crippen LogP contribution in [0.3, 0.4) is 0 Å². The highest BCUT2D eigenvalue weighted by Gasteiger charge is 2.05.